The van der Waals surface area contributed by atoms with E-state index in [0.717, 1.165) is 0 Å². The number of hydrogen-bond donors (Lipinski definition) is 1. The zero-order valence-electron chi connectivity index (χ0n) is 5.17. The van der Waals surface area contributed by atoms with Gasteiger partial charge in [0.2, 0.25) is 0 Å². The van der Waals surface area contributed by atoms with Crippen molar-refractivity contribution in [3.05, 3.63) is 25.6 Å². The lowest BCUT2D eigenvalue weighted by Crippen LogP contribution is -1.88. The average Bonchev–Trinajstić information content (AvgIpc) is 1.97. The minimum atomic E-state index is 0.383. The molecule has 0 fully saturated rings. The molecule has 0 saturated heterocycles. The van der Waals surface area contributed by atoms with E-state index in [2.05, 4.69) is 15.9 Å². The second kappa shape index (κ2) is 3.40. The fraction of sp³-hybridized carbons (Fsp3) is 0. The molecule has 1 aromatic carbocycles. The predicted molar refractivity (Wildman–Crippen MR) is 53.6 cm³/mol. The molecule has 0 atom stereocenters. The van der Waals surface area contributed by atoms with Crippen LogP contribution in [-0.4, -0.2) is 0 Å². The summed E-state index contributed by atoms with van der Waals surface area (Å²) >= 11 is 20.3. The van der Waals surface area contributed by atoms with Crippen molar-refractivity contribution >= 4 is 56.4 Å². The van der Waals surface area contributed by atoms with Gasteiger partial charge in [-0.1, -0.05) is 34.8 Å². The summed E-state index contributed by atoms with van der Waals surface area (Å²) in [5.74, 6) is 0. The van der Waals surface area contributed by atoms with Gasteiger partial charge in [0.05, 0.1) is 25.2 Å². The molecule has 5 heteroatoms. The highest BCUT2D eigenvalue weighted by Gasteiger charge is 2.09. The lowest BCUT2D eigenvalue weighted by molar-refractivity contribution is 1.63. The van der Waals surface area contributed by atoms with Gasteiger partial charge in [-0.05, 0) is 22.0 Å². The standard InChI is InChI=1S/C6H3BrCl3N/c7-4-5(10)2(8)1-3(9)6(4)11/h1H,11H2. The first kappa shape index (κ1) is 9.46. The highest BCUT2D eigenvalue weighted by Crippen LogP contribution is 2.39. The molecule has 11 heavy (non-hydrogen) atoms. The normalized spacial score (nSPS) is 10.2. The summed E-state index contributed by atoms with van der Waals surface area (Å²) in [6, 6.07) is 1.51. The van der Waals surface area contributed by atoms with E-state index in [1.54, 1.807) is 0 Å². The summed E-state index contributed by atoms with van der Waals surface area (Å²) in [6.45, 7) is 0. The molecule has 0 radical (unpaired) electrons. The molecule has 0 saturated carbocycles. The first-order valence-electron chi connectivity index (χ1n) is 2.62. The molecule has 0 amide bonds. The Morgan fingerprint density at radius 1 is 1.18 bits per heavy atom. The Labute approximate surface area is 87.5 Å². The molecule has 0 spiro atoms. The SMILES string of the molecule is Nc1c(Cl)cc(Cl)c(Cl)c1Br. The Hall–Kier alpha value is 0.370. The predicted octanol–water partition coefficient (Wildman–Crippen LogP) is 3.99. The molecule has 1 rings (SSSR count). The number of hydrogen-bond acceptors (Lipinski definition) is 1. The van der Waals surface area contributed by atoms with E-state index >= 15 is 0 Å². The van der Waals surface area contributed by atoms with Crippen molar-refractivity contribution in [1.82, 2.24) is 0 Å². The summed E-state index contributed by atoms with van der Waals surface area (Å²) in [5.41, 5.74) is 5.93. The van der Waals surface area contributed by atoms with Crippen LogP contribution in [0.3, 0.4) is 0 Å². The Balaban J connectivity index is 3.46. The van der Waals surface area contributed by atoms with Crippen LogP contribution >= 0.6 is 50.7 Å². The van der Waals surface area contributed by atoms with Crippen LogP contribution in [0.5, 0.6) is 0 Å². The third-order valence-corrected chi connectivity index (χ3v) is 3.30. The van der Waals surface area contributed by atoms with Crippen molar-refractivity contribution in [3.8, 4) is 0 Å². The molecule has 1 nitrogen and oxygen atoms in total. The zero-order chi connectivity index (χ0) is 8.59. The van der Waals surface area contributed by atoms with Crippen LogP contribution in [0.1, 0.15) is 0 Å². The lowest BCUT2D eigenvalue weighted by atomic mass is 10.3. The molecule has 0 aromatic heterocycles. The van der Waals surface area contributed by atoms with Crippen LogP contribution in [0, 0.1) is 0 Å². The summed E-state index contributed by atoms with van der Waals surface area (Å²) in [6.07, 6.45) is 0. The van der Waals surface area contributed by atoms with Gasteiger partial charge in [0.15, 0.2) is 0 Å². The highest BCUT2D eigenvalue weighted by molar-refractivity contribution is 9.10. The molecular formula is C6H3BrCl3N. The van der Waals surface area contributed by atoms with Crippen LogP contribution in [0.15, 0.2) is 10.5 Å². The van der Waals surface area contributed by atoms with Crippen molar-refractivity contribution in [3.63, 3.8) is 0 Å². The summed E-state index contributed by atoms with van der Waals surface area (Å²) in [4.78, 5) is 0. The number of anilines is 1. The Morgan fingerprint density at radius 2 is 1.73 bits per heavy atom. The number of nitrogen functional groups attached to an aromatic ring is 1. The fourth-order valence-electron chi connectivity index (χ4n) is 0.580. The van der Waals surface area contributed by atoms with Gasteiger partial charge in [-0.15, -0.1) is 0 Å². The molecular weight excluding hydrogens is 272 g/mol. The first-order chi connectivity index (χ1) is 5.04. The third-order valence-electron chi connectivity index (χ3n) is 1.15. The van der Waals surface area contributed by atoms with Crippen LogP contribution < -0.4 is 5.73 Å². The van der Waals surface area contributed by atoms with Crippen molar-refractivity contribution in [2.75, 3.05) is 5.73 Å². The van der Waals surface area contributed by atoms with E-state index < -0.39 is 0 Å². The van der Waals surface area contributed by atoms with E-state index in [4.69, 9.17) is 40.5 Å². The van der Waals surface area contributed by atoms with Gasteiger partial charge < -0.3 is 5.73 Å². The minimum absolute atomic E-state index is 0.383. The van der Waals surface area contributed by atoms with Crippen molar-refractivity contribution in [2.45, 2.75) is 0 Å². The summed E-state index contributed by atoms with van der Waals surface area (Å²) in [7, 11) is 0. The maximum atomic E-state index is 5.74. The zero-order valence-corrected chi connectivity index (χ0v) is 9.02. The highest BCUT2D eigenvalue weighted by atomic mass is 79.9. The maximum Gasteiger partial charge on any atom is 0.0756 e. The van der Waals surface area contributed by atoms with Crippen LogP contribution in [0.4, 0.5) is 5.69 Å². The Bertz CT molecular complexity index is 274. The number of rotatable bonds is 0. The number of benzene rings is 1. The largest absolute Gasteiger partial charge is 0.397 e. The molecule has 0 bridgehead atoms. The maximum absolute atomic E-state index is 5.74. The third kappa shape index (κ3) is 1.75. The van der Waals surface area contributed by atoms with Crippen molar-refractivity contribution in [2.24, 2.45) is 0 Å². The first-order valence-corrected chi connectivity index (χ1v) is 4.55. The molecule has 0 unspecified atom stereocenters. The quantitative estimate of drug-likeness (QED) is 0.432. The van der Waals surface area contributed by atoms with E-state index in [-0.39, 0.29) is 0 Å². The molecule has 1 aromatic rings. The molecule has 0 heterocycles. The average molecular weight is 275 g/mol. The molecule has 60 valence electrons. The minimum Gasteiger partial charge on any atom is -0.397 e. The van der Waals surface area contributed by atoms with E-state index in [0.29, 0.717) is 25.2 Å². The fourth-order valence-corrected chi connectivity index (χ4v) is 1.86. The van der Waals surface area contributed by atoms with Crippen LogP contribution in [0.25, 0.3) is 0 Å². The van der Waals surface area contributed by atoms with Crippen LogP contribution in [0.2, 0.25) is 15.1 Å². The monoisotopic (exact) mass is 273 g/mol. The number of nitrogens with two attached hydrogens (primary N) is 1. The van der Waals surface area contributed by atoms with Gasteiger partial charge in [-0.2, -0.15) is 0 Å². The van der Waals surface area contributed by atoms with Gasteiger partial charge in [0.25, 0.3) is 0 Å². The van der Waals surface area contributed by atoms with E-state index in [1.165, 1.54) is 6.07 Å². The topological polar surface area (TPSA) is 26.0 Å². The van der Waals surface area contributed by atoms with Crippen molar-refractivity contribution in [1.29, 1.82) is 0 Å². The van der Waals surface area contributed by atoms with E-state index in [1.807, 2.05) is 0 Å². The van der Waals surface area contributed by atoms with Gasteiger partial charge in [-0.3, -0.25) is 0 Å². The Kier molecular flexibility index (Phi) is 2.92. The summed E-state index contributed by atoms with van der Waals surface area (Å²) < 4.78 is 0.539. The van der Waals surface area contributed by atoms with Gasteiger partial charge in [-0.25, -0.2) is 0 Å². The second-order valence-electron chi connectivity index (χ2n) is 1.88. The molecule has 0 aliphatic carbocycles. The van der Waals surface area contributed by atoms with Gasteiger partial charge in [0, 0.05) is 0 Å². The summed E-state index contributed by atoms with van der Waals surface area (Å²) in [5, 5.41) is 1.16. The molecule has 0 aliphatic heterocycles. The van der Waals surface area contributed by atoms with Crippen molar-refractivity contribution < 1.29 is 0 Å². The Morgan fingerprint density at radius 3 is 2.27 bits per heavy atom. The molecule has 0 aliphatic rings. The second-order valence-corrected chi connectivity index (χ2v) is 3.87. The van der Waals surface area contributed by atoms with Gasteiger partial charge in [0.1, 0.15) is 0 Å². The van der Waals surface area contributed by atoms with E-state index in [9.17, 15) is 0 Å². The smallest absolute Gasteiger partial charge is 0.0756 e. The van der Waals surface area contributed by atoms with Crippen LogP contribution in [-0.2, 0) is 0 Å². The lowest BCUT2D eigenvalue weighted by Gasteiger charge is -2.04. The number of halogens is 4. The van der Waals surface area contributed by atoms with Gasteiger partial charge >= 0.3 is 0 Å². The molecule has 2 N–H and O–H groups in total.